The Morgan fingerprint density at radius 1 is 1.19 bits per heavy atom. The molecule has 6 nitrogen and oxygen atoms in total. The van der Waals surface area contributed by atoms with E-state index in [1.807, 2.05) is 17.0 Å². The van der Waals surface area contributed by atoms with Crippen molar-refractivity contribution in [3.8, 4) is 11.5 Å². The Kier molecular flexibility index (Phi) is 4.99. The van der Waals surface area contributed by atoms with Crippen molar-refractivity contribution in [1.29, 1.82) is 0 Å². The second-order valence-corrected chi connectivity index (χ2v) is 7.47. The van der Waals surface area contributed by atoms with Crippen LogP contribution in [-0.2, 0) is 6.54 Å². The zero-order valence-corrected chi connectivity index (χ0v) is 15.5. The quantitative estimate of drug-likeness (QED) is 0.900. The van der Waals surface area contributed by atoms with Crippen LogP contribution in [0.3, 0.4) is 0 Å². The molecule has 2 aromatic rings. The number of aromatic hydroxyl groups is 1. The molecule has 1 aromatic heterocycles. The van der Waals surface area contributed by atoms with E-state index in [0.717, 1.165) is 44.8 Å². The maximum Gasteiger partial charge on any atom is 0.276 e. The number of carbonyl (C=O) groups is 1. The Labute approximate surface area is 159 Å². The summed E-state index contributed by atoms with van der Waals surface area (Å²) in [6.07, 6.45) is 3.70. The molecule has 5 rings (SSSR count). The van der Waals surface area contributed by atoms with Crippen LogP contribution in [0.25, 0.3) is 0 Å². The number of ether oxygens (including phenoxy) is 1. The van der Waals surface area contributed by atoms with Crippen molar-refractivity contribution in [3.05, 3.63) is 53.9 Å². The molecule has 142 valence electrons. The maximum absolute atomic E-state index is 13.0. The molecule has 1 amide bonds. The van der Waals surface area contributed by atoms with Gasteiger partial charge in [0, 0.05) is 38.4 Å². The van der Waals surface area contributed by atoms with Gasteiger partial charge < -0.3 is 14.7 Å². The van der Waals surface area contributed by atoms with E-state index in [1.165, 1.54) is 11.6 Å². The van der Waals surface area contributed by atoms with Crippen LogP contribution in [0.5, 0.6) is 11.5 Å². The number of hydrogen-bond donors (Lipinski definition) is 1. The van der Waals surface area contributed by atoms with Crippen LogP contribution in [0, 0.1) is 5.92 Å². The van der Waals surface area contributed by atoms with Gasteiger partial charge in [-0.15, -0.1) is 0 Å². The van der Waals surface area contributed by atoms with Crippen LogP contribution in [0.4, 0.5) is 0 Å². The van der Waals surface area contributed by atoms with E-state index in [-0.39, 0.29) is 23.4 Å². The van der Waals surface area contributed by atoms with Crippen LogP contribution >= 0.6 is 0 Å². The van der Waals surface area contributed by atoms with Gasteiger partial charge in [-0.25, -0.2) is 4.98 Å². The lowest BCUT2D eigenvalue weighted by molar-refractivity contribution is 0.0575. The van der Waals surface area contributed by atoms with Gasteiger partial charge in [-0.05, 0) is 48.6 Å². The summed E-state index contributed by atoms with van der Waals surface area (Å²) in [5.74, 6) is 1.12. The van der Waals surface area contributed by atoms with Gasteiger partial charge in [0.05, 0.1) is 7.11 Å². The molecule has 2 bridgehead atoms. The minimum absolute atomic E-state index is 0.0438. The number of pyridine rings is 1. The first-order valence-electron chi connectivity index (χ1n) is 9.44. The molecular formula is C21H25N3O3. The summed E-state index contributed by atoms with van der Waals surface area (Å²) in [6, 6.07) is 11.5. The summed E-state index contributed by atoms with van der Waals surface area (Å²) in [6.45, 7) is 3.44. The van der Waals surface area contributed by atoms with Gasteiger partial charge in [0.1, 0.15) is 11.5 Å². The third-order valence-corrected chi connectivity index (χ3v) is 5.60. The van der Waals surface area contributed by atoms with Gasteiger partial charge in [0.2, 0.25) is 0 Å². The first-order chi connectivity index (χ1) is 13.1. The molecule has 0 radical (unpaired) electrons. The van der Waals surface area contributed by atoms with Crippen molar-refractivity contribution in [3.63, 3.8) is 0 Å². The Morgan fingerprint density at radius 3 is 2.74 bits per heavy atom. The van der Waals surface area contributed by atoms with E-state index in [1.54, 1.807) is 19.4 Å². The smallest absolute Gasteiger partial charge is 0.276 e. The lowest BCUT2D eigenvalue weighted by Crippen LogP contribution is -2.47. The largest absolute Gasteiger partial charge is 0.505 e. The molecule has 27 heavy (non-hydrogen) atoms. The van der Waals surface area contributed by atoms with E-state index in [4.69, 9.17) is 4.74 Å². The fraction of sp³-hybridized carbons (Fsp3) is 0.429. The van der Waals surface area contributed by atoms with E-state index in [2.05, 4.69) is 22.0 Å². The van der Waals surface area contributed by atoms with Gasteiger partial charge in [0.15, 0.2) is 5.69 Å². The van der Waals surface area contributed by atoms with Crippen molar-refractivity contribution < 1.29 is 14.6 Å². The predicted octanol–water partition coefficient (Wildman–Crippen LogP) is 2.53. The van der Waals surface area contributed by atoms with Crippen LogP contribution in [0.1, 0.15) is 28.9 Å². The number of fused-ring (bicyclic) bond motifs is 4. The zero-order valence-electron chi connectivity index (χ0n) is 15.5. The average Bonchev–Trinajstić information content (AvgIpc) is 2.99. The number of hydrogen-bond acceptors (Lipinski definition) is 5. The lowest BCUT2D eigenvalue weighted by Gasteiger charge is -2.36. The molecule has 3 aliphatic rings. The lowest BCUT2D eigenvalue weighted by atomic mass is 9.94. The first-order valence-corrected chi connectivity index (χ1v) is 9.44. The van der Waals surface area contributed by atoms with Gasteiger partial charge in [0.25, 0.3) is 5.91 Å². The van der Waals surface area contributed by atoms with Crippen molar-refractivity contribution in [2.45, 2.75) is 25.4 Å². The van der Waals surface area contributed by atoms with Crippen molar-refractivity contribution in [1.82, 2.24) is 14.8 Å². The van der Waals surface area contributed by atoms with Crippen LogP contribution < -0.4 is 4.74 Å². The number of rotatable bonds is 4. The Bertz CT molecular complexity index is 809. The molecule has 0 aliphatic carbocycles. The molecule has 6 heteroatoms. The molecule has 1 N–H and O–H groups in total. The number of nitrogens with zero attached hydrogens (tertiary/aromatic N) is 3. The van der Waals surface area contributed by atoms with Crippen molar-refractivity contribution in [2.75, 3.05) is 26.7 Å². The topological polar surface area (TPSA) is 65.9 Å². The van der Waals surface area contributed by atoms with Gasteiger partial charge in [-0.2, -0.15) is 0 Å². The number of carbonyl (C=O) groups excluding carboxylic acids is 1. The average molecular weight is 367 g/mol. The summed E-state index contributed by atoms with van der Waals surface area (Å²) >= 11 is 0. The van der Waals surface area contributed by atoms with E-state index in [9.17, 15) is 9.90 Å². The predicted molar refractivity (Wildman–Crippen MR) is 102 cm³/mol. The highest BCUT2D eigenvalue weighted by atomic mass is 16.5. The number of amides is 1. The van der Waals surface area contributed by atoms with Crippen LogP contribution in [0.15, 0.2) is 42.6 Å². The van der Waals surface area contributed by atoms with Gasteiger partial charge in [-0.1, -0.05) is 12.1 Å². The fourth-order valence-corrected chi connectivity index (χ4v) is 4.24. The SMILES string of the molecule is COc1ccc(CN2C[C@@H]3CC[C@H](C2)N(C(=O)c2ncccc2O)C3)cc1. The van der Waals surface area contributed by atoms with Gasteiger partial charge in [-0.3, -0.25) is 9.69 Å². The Hall–Kier alpha value is -2.60. The summed E-state index contributed by atoms with van der Waals surface area (Å²) in [5.41, 5.74) is 1.41. The molecule has 0 saturated carbocycles. The highest BCUT2D eigenvalue weighted by molar-refractivity contribution is 5.95. The second-order valence-electron chi connectivity index (χ2n) is 7.47. The third-order valence-electron chi connectivity index (χ3n) is 5.60. The second kappa shape index (κ2) is 7.56. The van der Waals surface area contributed by atoms with Crippen LogP contribution in [0.2, 0.25) is 0 Å². The first kappa shape index (κ1) is 17.8. The number of methoxy groups -OCH3 is 1. The highest BCUT2D eigenvalue weighted by Gasteiger charge is 2.38. The molecule has 3 saturated heterocycles. The van der Waals surface area contributed by atoms with Gasteiger partial charge >= 0.3 is 0 Å². The summed E-state index contributed by atoms with van der Waals surface area (Å²) < 4.78 is 5.23. The molecule has 4 heterocycles. The maximum atomic E-state index is 13.0. The van der Waals surface area contributed by atoms with Crippen LogP contribution in [-0.4, -0.2) is 58.6 Å². The minimum Gasteiger partial charge on any atom is -0.505 e. The normalized spacial score (nSPS) is 22.5. The molecule has 3 fully saturated rings. The Morgan fingerprint density at radius 2 is 2.00 bits per heavy atom. The number of piperidine rings is 1. The third kappa shape index (κ3) is 3.76. The van der Waals surface area contributed by atoms with E-state index in [0.29, 0.717) is 5.92 Å². The molecule has 3 aliphatic heterocycles. The summed E-state index contributed by atoms with van der Waals surface area (Å²) in [7, 11) is 1.67. The van der Waals surface area contributed by atoms with E-state index < -0.39 is 0 Å². The molecular weight excluding hydrogens is 342 g/mol. The summed E-state index contributed by atoms with van der Waals surface area (Å²) in [5, 5.41) is 10.0. The highest BCUT2D eigenvalue weighted by Crippen LogP contribution is 2.31. The number of benzene rings is 1. The van der Waals surface area contributed by atoms with Crippen molar-refractivity contribution >= 4 is 5.91 Å². The fourth-order valence-electron chi connectivity index (χ4n) is 4.24. The molecule has 0 unspecified atom stereocenters. The summed E-state index contributed by atoms with van der Waals surface area (Å²) in [4.78, 5) is 21.4. The van der Waals surface area contributed by atoms with E-state index >= 15 is 0 Å². The standard InChI is InChI=1S/C21H25N3O3/c1-27-18-8-5-15(6-9-18)11-23-12-16-4-7-17(14-23)24(13-16)21(26)20-19(25)3-2-10-22-20/h2-3,5-6,8-10,16-17,25H,4,7,11-14H2,1H3/t16-,17+/m0/s1. The minimum atomic E-state index is -0.158. The Balaban J connectivity index is 1.48. The van der Waals surface area contributed by atoms with Crippen molar-refractivity contribution in [2.24, 2.45) is 5.92 Å². The molecule has 2 atom stereocenters. The molecule has 1 aromatic carbocycles. The molecule has 0 spiro atoms. The number of aromatic nitrogens is 1. The monoisotopic (exact) mass is 367 g/mol. The zero-order chi connectivity index (χ0) is 18.8.